The molecule has 0 saturated carbocycles. The Morgan fingerprint density at radius 3 is 2.70 bits per heavy atom. The van der Waals surface area contributed by atoms with Crippen molar-refractivity contribution in [2.75, 3.05) is 18.6 Å². The minimum atomic E-state index is -0.184. The fraction of sp³-hybridized carbons (Fsp3) is 0.158. The van der Waals surface area contributed by atoms with Gasteiger partial charge in [0, 0.05) is 4.47 Å². The summed E-state index contributed by atoms with van der Waals surface area (Å²) in [5, 5.41) is 0.516. The number of rotatable bonds is 5. The van der Waals surface area contributed by atoms with Crippen LogP contribution in [0.5, 0.6) is 11.5 Å². The summed E-state index contributed by atoms with van der Waals surface area (Å²) in [7, 11) is 1.58. The highest BCUT2D eigenvalue weighted by Crippen LogP contribution is 2.38. The van der Waals surface area contributed by atoms with Gasteiger partial charge in [-0.05, 0) is 64.8 Å². The Labute approximate surface area is 180 Å². The van der Waals surface area contributed by atoms with Crippen LogP contribution in [-0.4, -0.2) is 23.9 Å². The maximum absolute atomic E-state index is 12.9. The van der Waals surface area contributed by atoms with Gasteiger partial charge in [0.15, 0.2) is 15.8 Å². The Morgan fingerprint density at radius 1 is 1.26 bits per heavy atom. The molecule has 0 unspecified atom stereocenters. The van der Waals surface area contributed by atoms with Crippen LogP contribution in [0.1, 0.15) is 12.5 Å². The zero-order valence-electron chi connectivity index (χ0n) is 14.5. The molecule has 27 heavy (non-hydrogen) atoms. The third-order valence-corrected chi connectivity index (χ3v) is 6.28. The lowest BCUT2D eigenvalue weighted by Crippen LogP contribution is -2.27. The number of thioether (sulfide) groups is 1. The van der Waals surface area contributed by atoms with Crippen LogP contribution in [0.3, 0.4) is 0 Å². The average Bonchev–Trinajstić information content (AvgIpc) is 2.92. The van der Waals surface area contributed by atoms with Gasteiger partial charge in [0.1, 0.15) is 0 Å². The normalized spacial score (nSPS) is 15.6. The van der Waals surface area contributed by atoms with Crippen molar-refractivity contribution in [1.29, 1.82) is 0 Å². The van der Waals surface area contributed by atoms with E-state index in [2.05, 4.69) is 15.9 Å². The van der Waals surface area contributed by atoms with Crippen molar-refractivity contribution in [1.82, 2.24) is 0 Å². The number of thiocarbonyl (C=S) groups is 1. The predicted octanol–water partition coefficient (Wildman–Crippen LogP) is 5.92. The average molecular weight is 485 g/mol. The Morgan fingerprint density at radius 2 is 2.04 bits per heavy atom. The molecule has 1 fully saturated rings. The number of anilines is 1. The molecule has 0 aliphatic carbocycles. The maximum Gasteiger partial charge on any atom is 0.270 e. The predicted molar refractivity (Wildman–Crippen MR) is 119 cm³/mol. The van der Waals surface area contributed by atoms with E-state index in [1.807, 2.05) is 25.1 Å². The summed E-state index contributed by atoms with van der Waals surface area (Å²) in [5.74, 6) is 1.09. The van der Waals surface area contributed by atoms with E-state index in [-0.39, 0.29) is 5.91 Å². The first-order valence-electron chi connectivity index (χ1n) is 7.98. The van der Waals surface area contributed by atoms with Crippen molar-refractivity contribution < 1.29 is 14.3 Å². The number of halogens is 2. The maximum atomic E-state index is 12.9. The molecule has 0 bridgehead atoms. The summed E-state index contributed by atoms with van der Waals surface area (Å²) in [6.45, 7) is 2.46. The zero-order valence-corrected chi connectivity index (χ0v) is 18.5. The topological polar surface area (TPSA) is 38.8 Å². The molecule has 2 aromatic rings. The van der Waals surface area contributed by atoms with Gasteiger partial charge in [-0.3, -0.25) is 9.69 Å². The molecule has 1 aliphatic rings. The second kappa shape index (κ2) is 8.65. The molecule has 140 valence electrons. The molecule has 1 amide bonds. The zero-order chi connectivity index (χ0) is 19.6. The molecular formula is C19H15BrClNO3S2. The standard InChI is InChI=1S/C19H15BrClNO3S2/c1-3-25-15-7-4-11(8-16(15)24-2)9-17-18(23)22(19(26)27-17)12-5-6-13(20)14(21)10-12/h4-10H,3H2,1-2H3/b17-9+. The number of carbonyl (C=O) groups excluding carboxylic acids is 1. The number of methoxy groups -OCH3 is 1. The van der Waals surface area contributed by atoms with Crippen LogP contribution in [0.4, 0.5) is 5.69 Å². The number of amides is 1. The number of ether oxygens (including phenoxy) is 2. The minimum absolute atomic E-state index is 0.184. The molecule has 0 atom stereocenters. The molecule has 2 aromatic carbocycles. The van der Waals surface area contributed by atoms with Gasteiger partial charge in [-0.2, -0.15) is 0 Å². The summed E-state index contributed by atoms with van der Waals surface area (Å²) in [4.78, 5) is 14.9. The highest BCUT2D eigenvalue weighted by Gasteiger charge is 2.33. The molecule has 0 spiro atoms. The van der Waals surface area contributed by atoms with Crippen LogP contribution in [0.15, 0.2) is 45.8 Å². The van der Waals surface area contributed by atoms with Gasteiger partial charge in [-0.15, -0.1) is 0 Å². The van der Waals surface area contributed by atoms with Crippen LogP contribution in [0.25, 0.3) is 6.08 Å². The van der Waals surface area contributed by atoms with E-state index in [0.29, 0.717) is 38.0 Å². The fourth-order valence-corrected chi connectivity index (χ4v) is 4.23. The number of carbonyl (C=O) groups is 1. The van der Waals surface area contributed by atoms with Crippen molar-refractivity contribution in [3.8, 4) is 11.5 Å². The Hall–Kier alpha value is -1.54. The van der Waals surface area contributed by atoms with Gasteiger partial charge in [0.25, 0.3) is 5.91 Å². The smallest absolute Gasteiger partial charge is 0.270 e. The summed E-state index contributed by atoms with van der Waals surface area (Å²) in [5.41, 5.74) is 1.46. The van der Waals surface area contributed by atoms with Crippen LogP contribution in [0, 0.1) is 0 Å². The molecule has 4 nitrogen and oxygen atoms in total. The summed E-state index contributed by atoms with van der Waals surface area (Å²) < 4.78 is 12.1. The Balaban J connectivity index is 1.91. The van der Waals surface area contributed by atoms with Gasteiger partial charge in [-0.1, -0.05) is 41.6 Å². The van der Waals surface area contributed by atoms with Gasteiger partial charge in [0.05, 0.1) is 29.3 Å². The molecular weight excluding hydrogens is 470 g/mol. The van der Waals surface area contributed by atoms with E-state index in [0.717, 1.165) is 10.0 Å². The lowest BCUT2D eigenvalue weighted by Gasteiger charge is -2.15. The van der Waals surface area contributed by atoms with Crippen molar-refractivity contribution >= 4 is 73.5 Å². The van der Waals surface area contributed by atoms with Crippen LogP contribution >= 0.6 is 51.5 Å². The molecule has 8 heteroatoms. The van der Waals surface area contributed by atoms with E-state index in [1.165, 1.54) is 16.7 Å². The second-order valence-corrected chi connectivity index (χ2v) is 8.40. The van der Waals surface area contributed by atoms with E-state index >= 15 is 0 Å². The van der Waals surface area contributed by atoms with Gasteiger partial charge >= 0.3 is 0 Å². The number of nitrogens with zero attached hydrogens (tertiary/aromatic N) is 1. The Bertz CT molecular complexity index is 949. The van der Waals surface area contributed by atoms with E-state index < -0.39 is 0 Å². The Kier molecular flexibility index (Phi) is 6.47. The molecule has 1 aliphatic heterocycles. The lowest BCUT2D eigenvalue weighted by molar-refractivity contribution is -0.113. The summed E-state index contributed by atoms with van der Waals surface area (Å²) in [6, 6.07) is 10.8. The van der Waals surface area contributed by atoms with Crippen molar-refractivity contribution in [2.24, 2.45) is 0 Å². The number of hydrogen-bond donors (Lipinski definition) is 0. The first-order valence-corrected chi connectivity index (χ1v) is 10.4. The van der Waals surface area contributed by atoms with Crippen molar-refractivity contribution in [3.63, 3.8) is 0 Å². The monoisotopic (exact) mass is 483 g/mol. The van der Waals surface area contributed by atoms with Crippen molar-refractivity contribution in [2.45, 2.75) is 6.92 Å². The fourth-order valence-electron chi connectivity index (χ4n) is 2.51. The highest BCUT2D eigenvalue weighted by molar-refractivity contribution is 9.10. The first-order chi connectivity index (χ1) is 12.9. The first kappa shape index (κ1) is 20.2. The molecule has 0 radical (unpaired) electrons. The van der Waals surface area contributed by atoms with Gasteiger partial charge in [-0.25, -0.2) is 0 Å². The van der Waals surface area contributed by atoms with Crippen LogP contribution in [-0.2, 0) is 4.79 Å². The van der Waals surface area contributed by atoms with E-state index in [1.54, 1.807) is 31.4 Å². The largest absolute Gasteiger partial charge is 0.493 e. The second-order valence-electron chi connectivity index (χ2n) is 5.46. The van der Waals surface area contributed by atoms with Crippen molar-refractivity contribution in [3.05, 3.63) is 56.4 Å². The lowest BCUT2D eigenvalue weighted by atomic mass is 10.2. The third-order valence-electron chi connectivity index (χ3n) is 3.74. The highest BCUT2D eigenvalue weighted by atomic mass is 79.9. The number of benzene rings is 2. The number of hydrogen-bond acceptors (Lipinski definition) is 5. The molecule has 0 aromatic heterocycles. The SMILES string of the molecule is CCOc1ccc(/C=C2/SC(=S)N(c3ccc(Br)c(Cl)c3)C2=O)cc1OC. The van der Waals surface area contributed by atoms with E-state index in [9.17, 15) is 4.79 Å². The van der Waals surface area contributed by atoms with Gasteiger partial charge in [0.2, 0.25) is 0 Å². The summed E-state index contributed by atoms with van der Waals surface area (Å²) in [6.07, 6.45) is 1.79. The summed E-state index contributed by atoms with van der Waals surface area (Å²) >= 11 is 16.2. The van der Waals surface area contributed by atoms with E-state index in [4.69, 9.17) is 33.3 Å². The molecule has 0 N–H and O–H groups in total. The molecule has 1 saturated heterocycles. The quantitative estimate of drug-likeness (QED) is 0.389. The molecule has 1 heterocycles. The van der Waals surface area contributed by atoms with Gasteiger partial charge < -0.3 is 9.47 Å². The molecule has 3 rings (SSSR count). The minimum Gasteiger partial charge on any atom is -0.493 e. The van der Waals surface area contributed by atoms with Crippen LogP contribution in [0.2, 0.25) is 5.02 Å². The third kappa shape index (κ3) is 4.32. The van der Waals surface area contributed by atoms with Crippen LogP contribution < -0.4 is 14.4 Å².